The minimum Gasteiger partial charge on any atom is -0.309 e. The van der Waals surface area contributed by atoms with Crippen molar-refractivity contribution in [2.75, 3.05) is 0 Å². The molecule has 2 fully saturated rings. The van der Waals surface area contributed by atoms with Gasteiger partial charge in [0.1, 0.15) is 0 Å². The van der Waals surface area contributed by atoms with Gasteiger partial charge >= 0.3 is 0 Å². The molecule has 2 aromatic heterocycles. The van der Waals surface area contributed by atoms with E-state index in [1.54, 1.807) is 11.1 Å². The fraction of sp³-hybridized carbons (Fsp3) is 0.182. The molecule has 220 valence electrons. The van der Waals surface area contributed by atoms with Gasteiger partial charge < -0.3 is 9.13 Å². The Bertz CT molecular complexity index is 2260. The molecule has 46 heavy (non-hydrogen) atoms. The highest BCUT2D eigenvalue weighted by atomic mass is 15.0. The smallest absolute Gasteiger partial charge is 0.0541 e. The molecule has 2 heterocycles. The minimum absolute atomic E-state index is 0.198. The first-order chi connectivity index (χ1) is 22.8. The SMILES string of the molecule is c1ccc2c(c1)c1ccccc1n2-c1ccc2c(c1)[C@]13CCC[C@]1(CCC3)c1cc(-n3c4ccccc4c4ccccc43)ccc1-2. The van der Waals surface area contributed by atoms with Gasteiger partial charge in [0.2, 0.25) is 0 Å². The van der Waals surface area contributed by atoms with Crippen molar-refractivity contribution < 1.29 is 0 Å². The second-order valence-corrected chi connectivity index (χ2v) is 14.1. The van der Waals surface area contributed by atoms with E-state index in [1.165, 1.54) is 105 Å². The van der Waals surface area contributed by atoms with Crippen molar-refractivity contribution in [1.82, 2.24) is 9.13 Å². The maximum atomic E-state index is 2.60. The van der Waals surface area contributed by atoms with Crippen molar-refractivity contribution in [3.05, 3.63) is 145 Å². The van der Waals surface area contributed by atoms with Crippen LogP contribution in [0.1, 0.15) is 49.7 Å². The van der Waals surface area contributed by atoms with Gasteiger partial charge in [-0.1, -0.05) is 97.8 Å². The Kier molecular flexibility index (Phi) is 4.81. The summed E-state index contributed by atoms with van der Waals surface area (Å²) in [7, 11) is 0. The molecule has 3 aliphatic rings. The molecule has 0 N–H and O–H groups in total. The van der Waals surface area contributed by atoms with Gasteiger partial charge in [0.25, 0.3) is 0 Å². The second-order valence-electron chi connectivity index (χ2n) is 14.1. The zero-order chi connectivity index (χ0) is 30.0. The fourth-order valence-corrected chi connectivity index (χ4v) is 10.7. The van der Waals surface area contributed by atoms with Crippen LogP contribution in [0.25, 0.3) is 66.1 Å². The van der Waals surface area contributed by atoms with Crippen LogP contribution in [0.3, 0.4) is 0 Å². The Balaban J connectivity index is 1.18. The molecule has 8 aromatic rings. The summed E-state index contributed by atoms with van der Waals surface area (Å²) in [6, 6.07) is 50.5. The molecule has 2 nitrogen and oxygen atoms in total. The number of hydrogen-bond acceptors (Lipinski definition) is 0. The summed E-state index contributed by atoms with van der Waals surface area (Å²) < 4.78 is 5.02. The molecule has 0 aliphatic heterocycles. The Morgan fingerprint density at radius 1 is 0.370 bits per heavy atom. The van der Waals surface area contributed by atoms with Crippen LogP contribution in [0.4, 0.5) is 0 Å². The molecule has 0 bridgehead atoms. The molecule has 11 rings (SSSR count). The van der Waals surface area contributed by atoms with E-state index in [-0.39, 0.29) is 10.8 Å². The van der Waals surface area contributed by atoms with Crippen LogP contribution in [-0.2, 0) is 10.8 Å². The lowest BCUT2D eigenvalue weighted by atomic mass is 9.55. The highest BCUT2D eigenvalue weighted by Gasteiger charge is 2.62. The van der Waals surface area contributed by atoms with Crippen LogP contribution in [0.15, 0.2) is 133 Å². The molecule has 0 atom stereocenters. The van der Waals surface area contributed by atoms with E-state index >= 15 is 0 Å². The first kappa shape index (κ1) is 25.2. The van der Waals surface area contributed by atoms with E-state index in [0.29, 0.717) is 0 Å². The normalized spacial score (nSPS) is 21.6. The number of aromatic nitrogens is 2. The Morgan fingerprint density at radius 3 is 1.04 bits per heavy atom. The third kappa shape index (κ3) is 2.94. The van der Waals surface area contributed by atoms with Crippen molar-refractivity contribution in [2.24, 2.45) is 0 Å². The summed E-state index contributed by atoms with van der Waals surface area (Å²) >= 11 is 0. The monoisotopic (exact) mass is 590 g/mol. The van der Waals surface area contributed by atoms with E-state index in [1.807, 2.05) is 0 Å². The van der Waals surface area contributed by atoms with Gasteiger partial charge in [-0.15, -0.1) is 0 Å². The van der Waals surface area contributed by atoms with Crippen molar-refractivity contribution in [3.8, 4) is 22.5 Å². The van der Waals surface area contributed by atoms with Crippen molar-refractivity contribution in [2.45, 2.75) is 49.4 Å². The predicted octanol–water partition coefficient (Wildman–Crippen LogP) is 11.4. The molecular formula is C44H34N2. The first-order valence-electron chi connectivity index (χ1n) is 17.0. The lowest BCUT2D eigenvalue weighted by molar-refractivity contribution is 0.299. The summed E-state index contributed by atoms with van der Waals surface area (Å²) in [6.07, 6.45) is 7.76. The van der Waals surface area contributed by atoms with E-state index in [2.05, 4.69) is 143 Å². The van der Waals surface area contributed by atoms with Crippen LogP contribution in [-0.4, -0.2) is 9.13 Å². The number of nitrogens with zero attached hydrogens (tertiary/aromatic N) is 2. The third-order valence-electron chi connectivity index (χ3n) is 12.3. The third-order valence-corrected chi connectivity index (χ3v) is 12.3. The van der Waals surface area contributed by atoms with E-state index in [0.717, 1.165) is 0 Å². The average Bonchev–Trinajstić information content (AvgIpc) is 3.85. The maximum Gasteiger partial charge on any atom is 0.0541 e. The van der Waals surface area contributed by atoms with Gasteiger partial charge in [0, 0.05) is 43.7 Å². The topological polar surface area (TPSA) is 9.86 Å². The summed E-state index contributed by atoms with van der Waals surface area (Å²) in [4.78, 5) is 0. The molecular weight excluding hydrogens is 556 g/mol. The van der Waals surface area contributed by atoms with Crippen molar-refractivity contribution >= 4 is 43.6 Å². The lowest BCUT2D eigenvalue weighted by Crippen LogP contribution is -2.43. The van der Waals surface area contributed by atoms with Crippen LogP contribution >= 0.6 is 0 Å². The van der Waals surface area contributed by atoms with E-state index < -0.39 is 0 Å². The van der Waals surface area contributed by atoms with Gasteiger partial charge in [-0.25, -0.2) is 0 Å². The summed E-state index contributed by atoms with van der Waals surface area (Å²) in [6.45, 7) is 0. The number of benzene rings is 6. The van der Waals surface area contributed by atoms with E-state index in [4.69, 9.17) is 0 Å². The van der Waals surface area contributed by atoms with Gasteiger partial charge in [-0.2, -0.15) is 0 Å². The van der Waals surface area contributed by atoms with Gasteiger partial charge in [-0.3, -0.25) is 0 Å². The number of rotatable bonds is 2. The quantitative estimate of drug-likeness (QED) is 0.190. The molecule has 0 radical (unpaired) electrons. The standard InChI is InChI=1S/C44H34N2/c1-5-15-39-33(11-1)34-12-2-6-16-40(34)45(39)29-19-21-31-32-22-20-30(46-41-17-7-3-13-35(41)36-14-4-8-18-42(36)46)28-38(32)44-25-9-23-43(44,24-10-26-44)37(31)27-29/h1-8,11-22,27-28H,9-10,23-26H2/t43-,44+. The fourth-order valence-electron chi connectivity index (χ4n) is 10.7. The summed E-state index contributed by atoms with van der Waals surface area (Å²) in [5.74, 6) is 0. The highest BCUT2D eigenvalue weighted by Crippen LogP contribution is 2.69. The molecule has 0 spiro atoms. The van der Waals surface area contributed by atoms with Crippen LogP contribution < -0.4 is 0 Å². The second kappa shape index (κ2) is 8.79. The first-order valence-corrected chi connectivity index (χ1v) is 17.0. The number of hydrogen-bond donors (Lipinski definition) is 0. The van der Waals surface area contributed by atoms with Crippen molar-refractivity contribution in [1.29, 1.82) is 0 Å². The van der Waals surface area contributed by atoms with Gasteiger partial charge in [-0.05, 0) is 96.5 Å². The zero-order valence-corrected chi connectivity index (χ0v) is 25.8. The van der Waals surface area contributed by atoms with Crippen LogP contribution in [0.2, 0.25) is 0 Å². The Morgan fingerprint density at radius 2 is 0.696 bits per heavy atom. The number of para-hydroxylation sites is 4. The largest absolute Gasteiger partial charge is 0.309 e. The summed E-state index contributed by atoms with van der Waals surface area (Å²) in [5.41, 5.74) is 14.2. The van der Waals surface area contributed by atoms with Gasteiger partial charge in [0.05, 0.1) is 22.1 Å². The molecule has 0 unspecified atom stereocenters. The molecule has 0 amide bonds. The summed E-state index contributed by atoms with van der Waals surface area (Å²) in [5, 5.41) is 5.31. The molecule has 2 saturated carbocycles. The van der Waals surface area contributed by atoms with Crippen LogP contribution in [0, 0.1) is 0 Å². The van der Waals surface area contributed by atoms with E-state index in [9.17, 15) is 0 Å². The minimum atomic E-state index is 0.198. The molecule has 0 saturated heterocycles. The average molecular weight is 591 g/mol. The Hall–Kier alpha value is -5.08. The molecule has 2 heteroatoms. The number of fused-ring (bicyclic) bond motifs is 9. The molecule has 3 aliphatic carbocycles. The maximum absolute atomic E-state index is 2.60. The highest BCUT2D eigenvalue weighted by molar-refractivity contribution is 6.10. The molecule has 6 aromatic carbocycles. The lowest BCUT2D eigenvalue weighted by Gasteiger charge is -2.48. The van der Waals surface area contributed by atoms with Crippen molar-refractivity contribution in [3.63, 3.8) is 0 Å². The van der Waals surface area contributed by atoms with Gasteiger partial charge in [0.15, 0.2) is 0 Å². The Labute approximate surface area is 268 Å². The van der Waals surface area contributed by atoms with Crippen LogP contribution in [0.5, 0.6) is 0 Å². The predicted molar refractivity (Wildman–Crippen MR) is 192 cm³/mol. The zero-order valence-electron chi connectivity index (χ0n) is 25.8.